The Morgan fingerprint density at radius 2 is 1.72 bits per heavy atom. The van der Waals surface area contributed by atoms with Crippen LogP contribution in [0.5, 0.6) is 5.75 Å². The Bertz CT molecular complexity index is 481. The zero-order chi connectivity index (χ0) is 12.1. The maximum absolute atomic E-state index is 9.46. The van der Waals surface area contributed by atoms with Crippen LogP contribution in [0.2, 0.25) is 0 Å². The maximum atomic E-state index is 9.46. The highest BCUT2D eigenvalue weighted by Crippen LogP contribution is 2.57. The van der Waals surface area contributed by atoms with E-state index in [2.05, 4.69) is 18.2 Å². The first-order chi connectivity index (χ1) is 8.83. The second-order valence-corrected chi connectivity index (χ2v) is 6.27. The molecule has 1 aromatic carbocycles. The Labute approximate surface area is 109 Å². The first-order valence-electron chi connectivity index (χ1n) is 7.33. The van der Waals surface area contributed by atoms with Crippen molar-refractivity contribution in [1.29, 1.82) is 0 Å². The molecule has 1 nitrogen and oxygen atoms in total. The molecule has 3 atom stereocenters. The fourth-order valence-electron chi connectivity index (χ4n) is 4.16. The van der Waals surface area contributed by atoms with E-state index < -0.39 is 0 Å². The zero-order valence-corrected chi connectivity index (χ0v) is 10.7. The lowest BCUT2D eigenvalue weighted by Crippen LogP contribution is -2.11. The van der Waals surface area contributed by atoms with Crippen LogP contribution in [0.1, 0.15) is 43.6 Å². The molecule has 1 aromatic rings. The SMILES string of the molecule is Oc1ccc(C2C(C3CC3)=CC3CCCC32)cc1. The summed E-state index contributed by atoms with van der Waals surface area (Å²) >= 11 is 0. The van der Waals surface area contributed by atoms with Gasteiger partial charge in [-0.1, -0.05) is 30.2 Å². The summed E-state index contributed by atoms with van der Waals surface area (Å²) in [4.78, 5) is 0. The van der Waals surface area contributed by atoms with Gasteiger partial charge in [0.1, 0.15) is 5.75 Å². The minimum absolute atomic E-state index is 0.386. The van der Waals surface area contributed by atoms with Crippen LogP contribution in [0.25, 0.3) is 0 Å². The summed E-state index contributed by atoms with van der Waals surface area (Å²) in [7, 11) is 0. The number of benzene rings is 1. The summed E-state index contributed by atoms with van der Waals surface area (Å²) in [5.74, 6) is 3.63. The molecule has 0 bridgehead atoms. The molecule has 2 fully saturated rings. The van der Waals surface area contributed by atoms with Crippen molar-refractivity contribution >= 4 is 0 Å². The molecule has 0 saturated heterocycles. The summed E-state index contributed by atoms with van der Waals surface area (Å²) in [6, 6.07) is 7.97. The smallest absolute Gasteiger partial charge is 0.115 e. The Balaban J connectivity index is 1.72. The van der Waals surface area contributed by atoms with Crippen molar-refractivity contribution in [2.24, 2.45) is 17.8 Å². The van der Waals surface area contributed by atoms with Gasteiger partial charge in [0.2, 0.25) is 0 Å². The normalized spacial score (nSPS) is 34.4. The number of phenols is 1. The van der Waals surface area contributed by atoms with Crippen molar-refractivity contribution in [3.8, 4) is 5.75 Å². The Hall–Kier alpha value is -1.24. The van der Waals surface area contributed by atoms with Crippen LogP contribution in [0.15, 0.2) is 35.9 Å². The molecular weight excluding hydrogens is 220 g/mol. The molecule has 0 spiro atoms. The van der Waals surface area contributed by atoms with Crippen LogP contribution in [-0.2, 0) is 0 Å². The topological polar surface area (TPSA) is 20.2 Å². The van der Waals surface area contributed by atoms with Crippen LogP contribution in [0.4, 0.5) is 0 Å². The highest BCUT2D eigenvalue weighted by Gasteiger charge is 2.44. The molecule has 0 radical (unpaired) electrons. The van der Waals surface area contributed by atoms with E-state index >= 15 is 0 Å². The third kappa shape index (κ3) is 1.60. The predicted octanol–water partition coefficient (Wildman–Crippen LogP) is 4.24. The van der Waals surface area contributed by atoms with Gasteiger partial charge >= 0.3 is 0 Å². The predicted molar refractivity (Wildman–Crippen MR) is 72.5 cm³/mol. The summed E-state index contributed by atoms with van der Waals surface area (Å²) < 4.78 is 0. The van der Waals surface area contributed by atoms with Crippen molar-refractivity contribution in [2.75, 3.05) is 0 Å². The number of phenolic OH excluding ortho intramolecular Hbond substituents is 1. The van der Waals surface area contributed by atoms with E-state index in [-0.39, 0.29) is 0 Å². The van der Waals surface area contributed by atoms with Crippen LogP contribution in [-0.4, -0.2) is 5.11 Å². The Morgan fingerprint density at radius 3 is 2.44 bits per heavy atom. The number of hydrogen-bond acceptors (Lipinski definition) is 1. The average Bonchev–Trinajstić information content (AvgIpc) is 3.01. The van der Waals surface area contributed by atoms with Gasteiger partial charge < -0.3 is 5.11 Å². The highest BCUT2D eigenvalue weighted by atomic mass is 16.3. The second-order valence-electron chi connectivity index (χ2n) is 6.27. The molecule has 0 aromatic heterocycles. The van der Waals surface area contributed by atoms with Gasteiger partial charge in [-0.3, -0.25) is 0 Å². The van der Waals surface area contributed by atoms with Gasteiger partial charge in [-0.05, 0) is 61.1 Å². The number of fused-ring (bicyclic) bond motifs is 1. The van der Waals surface area contributed by atoms with Crippen molar-refractivity contribution in [2.45, 2.75) is 38.0 Å². The summed E-state index contributed by atoms with van der Waals surface area (Å²) in [5.41, 5.74) is 3.16. The van der Waals surface area contributed by atoms with E-state index in [0.29, 0.717) is 11.7 Å². The molecule has 0 heterocycles. The molecular formula is C17H20O. The van der Waals surface area contributed by atoms with Gasteiger partial charge in [0, 0.05) is 5.92 Å². The molecule has 0 aliphatic heterocycles. The van der Waals surface area contributed by atoms with E-state index in [4.69, 9.17) is 0 Å². The van der Waals surface area contributed by atoms with Gasteiger partial charge in [-0.15, -0.1) is 0 Å². The van der Waals surface area contributed by atoms with E-state index in [0.717, 1.165) is 17.8 Å². The molecule has 1 heteroatoms. The van der Waals surface area contributed by atoms with Gasteiger partial charge in [-0.25, -0.2) is 0 Å². The lowest BCUT2D eigenvalue weighted by molar-refractivity contribution is 0.436. The quantitative estimate of drug-likeness (QED) is 0.766. The van der Waals surface area contributed by atoms with E-state index in [1.54, 1.807) is 5.57 Å². The molecule has 2 saturated carbocycles. The Morgan fingerprint density at radius 1 is 0.944 bits per heavy atom. The van der Waals surface area contributed by atoms with Gasteiger partial charge in [-0.2, -0.15) is 0 Å². The first kappa shape index (κ1) is 10.7. The Kier molecular flexibility index (Phi) is 2.30. The van der Waals surface area contributed by atoms with Crippen molar-refractivity contribution < 1.29 is 5.11 Å². The van der Waals surface area contributed by atoms with Crippen molar-refractivity contribution in [3.63, 3.8) is 0 Å². The van der Waals surface area contributed by atoms with Crippen LogP contribution in [0, 0.1) is 17.8 Å². The lowest BCUT2D eigenvalue weighted by atomic mass is 9.81. The first-order valence-corrected chi connectivity index (χ1v) is 7.33. The molecule has 3 aliphatic carbocycles. The van der Waals surface area contributed by atoms with Gasteiger partial charge in [0.15, 0.2) is 0 Å². The fourth-order valence-corrected chi connectivity index (χ4v) is 4.16. The molecule has 4 rings (SSSR count). The molecule has 3 unspecified atom stereocenters. The number of allylic oxidation sites excluding steroid dienone is 2. The molecule has 0 amide bonds. The average molecular weight is 240 g/mol. The molecule has 18 heavy (non-hydrogen) atoms. The van der Waals surface area contributed by atoms with E-state index in [1.807, 2.05) is 12.1 Å². The van der Waals surface area contributed by atoms with Crippen LogP contribution < -0.4 is 0 Å². The molecule has 3 aliphatic rings. The maximum Gasteiger partial charge on any atom is 0.115 e. The minimum atomic E-state index is 0.386. The monoisotopic (exact) mass is 240 g/mol. The zero-order valence-electron chi connectivity index (χ0n) is 10.7. The number of hydrogen-bond donors (Lipinski definition) is 1. The number of rotatable bonds is 2. The van der Waals surface area contributed by atoms with Crippen LogP contribution >= 0.6 is 0 Å². The summed E-state index contributed by atoms with van der Waals surface area (Å²) in [6.45, 7) is 0. The van der Waals surface area contributed by atoms with E-state index in [9.17, 15) is 5.11 Å². The molecule has 1 N–H and O–H groups in total. The molecule has 94 valence electrons. The largest absolute Gasteiger partial charge is 0.508 e. The minimum Gasteiger partial charge on any atom is -0.508 e. The summed E-state index contributed by atoms with van der Waals surface area (Å²) in [5, 5.41) is 9.46. The number of aromatic hydroxyl groups is 1. The summed E-state index contributed by atoms with van der Waals surface area (Å²) in [6.07, 6.45) is 9.61. The second kappa shape index (κ2) is 3.88. The standard InChI is InChI=1S/C17H20O/c18-14-8-6-12(7-9-14)17-15-3-1-2-13(15)10-16(17)11-4-5-11/h6-11,13,15,17-18H,1-5H2. The van der Waals surface area contributed by atoms with Crippen LogP contribution in [0.3, 0.4) is 0 Å². The van der Waals surface area contributed by atoms with Gasteiger partial charge in [0.25, 0.3) is 0 Å². The van der Waals surface area contributed by atoms with Crippen molar-refractivity contribution in [1.82, 2.24) is 0 Å². The van der Waals surface area contributed by atoms with E-state index in [1.165, 1.54) is 37.7 Å². The van der Waals surface area contributed by atoms with Crippen molar-refractivity contribution in [3.05, 3.63) is 41.5 Å². The lowest BCUT2D eigenvalue weighted by Gasteiger charge is -2.23. The fraction of sp³-hybridized carbons (Fsp3) is 0.529. The third-order valence-corrected chi connectivity index (χ3v) is 5.12. The third-order valence-electron chi connectivity index (χ3n) is 5.12. The van der Waals surface area contributed by atoms with Gasteiger partial charge in [0.05, 0.1) is 0 Å². The highest BCUT2D eigenvalue weighted by molar-refractivity contribution is 5.40.